The van der Waals surface area contributed by atoms with Gasteiger partial charge >= 0.3 is 0 Å². The monoisotopic (exact) mass is 424 g/mol. The second-order valence-corrected chi connectivity index (χ2v) is 4.79. The van der Waals surface area contributed by atoms with Crippen molar-refractivity contribution in [3.8, 4) is 0 Å². The minimum absolute atomic E-state index is 0. The first kappa shape index (κ1) is 17.1. The topological polar surface area (TPSA) is 55.3 Å². The third-order valence-electron chi connectivity index (χ3n) is 2.67. The van der Waals surface area contributed by atoms with E-state index in [2.05, 4.69) is 10.3 Å². The molecule has 0 aliphatic heterocycles. The van der Waals surface area contributed by atoms with Gasteiger partial charge in [0.1, 0.15) is 5.15 Å². The number of aromatic nitrogens is 1. The van der Waals surface area contributed by atoms with Crippen LogP contribution in [0.2, 0.25) is 10.2 Å². The third-order valence-corrected chi connectivity index (χ3v) is 3.52. The highest BCUT2D eigenvalue weighted by molar-refractivity contribution is 14.0. The molecule has 2 rings (SSSR count). The third kappa shape index (κ3) is 4.29. The van der Waals surface area contributed by atoms with Gasteiger partial charge in [-0.15, -0.1) is 24.0 Å². The fourth-order valence-electron chi connectivity index (χ4n) is 1.62. The van der Waals surface area contributed by atoms with Gasteiger partial charge in [0.05, 0.1) is 11.6 Å². The Morgan fingerprint density at radius 2 is 1.95 bits per heavy atom. The summed E-state index contributed by atoms with van der Waals surface area (Å²) in [6, 6.07) is 11.4. The van der Waals surface area contributed by atoms with E-state index in [1.807, 2.05) is 37.4 Å². The number of hydrogen-bond donors (Lipinski definition) is 2. The van der Waals surface area contributed by atoms with Gasteiger partial charge in [0.2, 0.25) is 0 Å². The normalized spacial score (nSPS) is 11.1. The molecule has 0 saturated heterocycles. The van der Waals surface area contributed by atoms with Crippen molar-refractivity contribution in [1.82, 2.24) is 4.57 Å². The molecule has 0 saturated carbocycles. The first-order valence-electron chi connectivity index (χ1n) is 5.69. The van der Waals surface area contributed by atoms with E-state index in [0.29, 0.717) is 22.7 Å². The molecule has 108 valence electrons. The van der Waals surface area contributed by atoms with Crippen molar-refractivity contribution in [1.29, 1.82) is 0 Å². The van der Waals surface area contributed by atoms with Crippen LogP contribution in [0, 0.1) is 0 Å². The van der Waals surface area contributed by atoms with Gasteiger partial charge < -0.3 is 15.6 Å². The van der Waals surface area contributed by atoms with E-state index in [4.69, 9.17) is 28.9 Å². The molecule has 0 amide bonds. The molecule has 1 heterocycles. The molecule has 0 radical (unpaired) electrons. The first-order chi connectivity index (χ1) is 9.08. The first-order valence-corrected chi connectivity index (χ1v) is 6.45. The average Bonchev–Trinajstić information content (AvgIpc) is 2.65. The Hall–Kier alpha value is -0.920. The van der Waals surface area contributed by atoms with Gasteiger partial charge in [-0.1, -0.05) is 41.4 Å². The van der Waals surface area contributed by atoms with E-state index < -0.39 is 0 Å². The number of nitrogens with one attached hydrogen (secondary N) is 1. The number of anilines is 1. The van der Waals surface area contributed by atoms with Gasteiger partial charge in [-0.25, -0.2) is 4.99 Å². The molecular formula is C13H15Cl2IN4. The molecule has 2 aromatic rings. The van der Waals surface area contributed by atoms with Crippen LogP contribution >= 0.6 is 47.2 Å². The Morgan fingerprint density at radius 1 is 1.30 bits per heavy atom. The standard InChI is InChI=1S/C13H14Cl2N4.HI/c1-19-10(7-11(14)12(19)15)8-17-13(16)18-9-5-3-2-4-6-9;/h2-7H,8H2,1H3,(H3,16,17,18);1H. The van der Waals surface area contributed by atoms with Crippen LogP contribution in [0.5, 0.6) is 0 Å². The highest BCUT2D eigenvalue weighted by Gasteiger charge is 2.08. The minimum atomic E-state index is 0. The van der Waals surface area contributed by atoms with Crippen molar-refractivity contribution in [3.63, 3.8) is 0 Å². The number of halogens is 3. The molecule has 0 unspecified atom stereocenters. The largest absolute Gasteiger partial charge is 0.370 e. The van der Waals surface area contributed by atoms with E-state index in [-0.39, 0.29) is 24.0 Å². The molecule has 1 aromatic carbocycles. The van der Waals surface area contributed by atoms with Crippen LogP contribution < -0.4 is 11.1 Å². The summed E-state index contributed by atoms with van der Waals surface area (Å²) < 4.78 is 1.78. The van der Waals surface area contributed by atoms with Gasteiger partial charge in [-0.3, -0.25) is 0 Å². The number of rotatable bonds is 3. The van der Waals surface area contributed by atoms with Crippen LogP contribution in [0.15, 0.2) is 41.4 Å². The van der Waals surface area contributed by atoms with Gasteiger partial charge in [-0.2, -0.15) is 0 Å². The van der Waals surface area contributed by atoms with Gasteiger partial charge in [0.25, 0.3) is 0 Å². The zero-order valence-corrected chi connectivity index (χ0v) is 14.6. The Kier molecular flexibility index (Phi) is 6.64. The SMILES string of the molecule is Cn1c(CN=C(N)Nc2ccccc2)cc(Cl)c1Cl.I. The van der Waals surface area contributed by atoms with E-state index >= 15 is 0 Å². The second-order valence-electron chi connectivity index (χ2n) is 4.03. The van der Waals surface area contributed by atoms with Crippen LogP contribution in [0.25, 0.3) is 0 Å². The Labute approximate surface area is 145 Å². The molecule has 1 aromatic heterocycles. The van der Waals surface area contributed by atoms with Crippen LogP contribution in [0.1, 0.15) is 5.69 Å². The van der Waals surface area contributed by atoms with Crippen LogP contribution in [-0.4, -0.2) is 10.5 Å². The quantitative estimate of drug-likeness (QED) is 0.446. The molecule has 0 aliphatic rings. The lowest BCUT2D eigenvalue weighted by atomic mass is 10.3. The summed E-state index contributed by atoms with van der Waals surface area (Å²) in [6.07, 6.45) is 0. The smallest absolute Gasteiger partial charge is 0.193 e. The van der Waals surface area contributed by atoms with Crippen molar-refractivity contribution in [3.05, 3.63) is 52.3 Å². The number of nitrogens with two attached hydrogens (primary N) is 1. The van der Waals surface area contributed by atoms with Crippen LogP contribution in [0.3, 0.4) is 0 Å². The van der Waals surface area contributed by atoms with Gasteiger partial charge in [0.15, 0.2) is 5.96 Å². The van der Waals surface area contributed by atoms with Crippen molar-refractivity contribution in [2.75, 3.05) is 5.32 Å². The number of hydrogen-bond acceptors (Lipinski definition) is 1. The van der Waals surface area contributed by atoms with Crippen molar-refractivity contribution in [2.24, 2.45) is 17.8 Å². The lowest BCUT2D eigenvalue weighted by Crippen LogP contribution is -2.22. The summed E-state index contributed by atoms with van der Waals surface area (Å²) in [6.45, 7) is 0.411. The maximum atomic E-state index is 5.98. The zero-order valence-electron chi connectivity index (χ0n) is 10.8. The fourth-order valence-corrected chi connectivity index (χ4v) is 2.03. The summed E-state index contributed by atoms with van der Waals surface area (Å²) in [5.41, 5.74) is 7.60. The van der Waals surface area contributed by atoms with Crippen molar-refractivity contribution < 1.29 is 0 Å². The van der Waals surface area contributed by atoms with E-state index in [0.717, 1.165) is 11.4 Å². The summed E-state index contributed by atoms with van der Waals surface area (Å²) >= 11 is 11.9. The molecule has 0 bridgehead atoms. The maximum Gasteiger partial charge on any atom is 0.193 e. The van der Waals surface area contributed by atoms with Crippen LogP contribution in [0.4, 0.5) is 5.69 Å². The van der Waals surface area contributed by atoms with Gasteiger partial charge in [-0.05, 0) is 18.2 Å². The molecule has 0 aliphatic carbocycles. The van der Waals surface area contributed by atoms with Crippen molar-refractivity contribution >= 4 is 58.8 Å². The Bertz CT molecular complexity index is 596. The lowest BCUT2D eigenvalue weighted by molar-refractivity contribution is 0.825. The predicted octanol–water partition coefficient (Wildman–Crippen LogP) is 3.88. The predicted molar refractivity (Wildman–Crippen MR) is 96.2 cm³/mol. The number of guanidine groups is 1. The van der Waals surface area contributed by atoms with E-state index in [9.17, 15) is 0 Å². The molecule has 7 heteroatoms. The average molecular weight is 425 g/mol. The maximum absolute atomic E-state index is 5.98. The summed E-state index contributed by atoms with van der Waals surface area (Å²) in [4.78, 5) is 4.25. The highest BCUT2D eigenvalue weighted by Crippen LogP contribution is 2.25. The summed E-state index contributed by atoms with van der Waals surface area (Å²) in [7, 11) is 1.83. The fraction of sp³-hybridized carbons (Fsp3) is 0.154. The lowest BCUT2D eigenvalue weighted by Gasteiger charge is -2.05. The molecule has 0 fully saturated rings. The molecule has 4 nitrogen and oxygen atoms in total. The summed E-state index contributed by atoms with van der Waals surface area (Å²) in [5, 5.41) is 4.02. The zero-order chi connectivity index (χ0) is 13.8. The Balaban J connectivity index is 0.00000200. The number of nitrogens with zero attached hydrogens (tertiary/aromatic N) is 2. The highest BCUT2D eigenvalue weighted by atomic mass is 127. The number of benzene rings is 1. The van der Waals surface area contributed by atoms with E-state index in [1.165, 1.54) is 0 Å². The van der Waals surface area contributed by atoms with Crippen molar-refractivity contribution in [2.45, 2.75) is 6.54 Å². The number of para-hydroxylation sites is 1. The molecule has 3 N–H and O–H groups in total. The molecule has 20 heavy (non-hydrogen) atoms. The molecule has 0 atom stereocenters. The van der Waals surface area contributed by atoms with Gasteiger partial charge in [0, 0.05) is 18.4 Å². The number of aliphatic imine (C=N–C) groups is 1. The summed E-state index contributed by atoms with van der Waals surface area (Å²) in [5.74, 6) is 0.347. The van der Waals surface area contributed by atoms with E-state index in [1.54, 1.807) is 10.6 Å². The second kappa shape index (κ2) is 7.75. The van der Waals surface area contributed by atoms with Crippen LogP contribution in [-0.2, 0) is 13.6 Å². The molecule has 0 spiro atoms. The Morgan fingerprint density at radius 3 is 2.50 bits per heavy atom. The molecular weight excluding hydrogens is 410 g/mol. The minimum Gasteiger partial charge on any atom is -0.370 e.